The summed E-state index contributed by atoms with van der Waals surface area (Å²) in [6.07, 6.45) is 1.09. The SMILES string of the molecule is Cc1cc(C(=O)N2CCC(C)C2)no1. The number of aryl methyl sites for hydroxylation is 1. The van der Waals surface area contributed by atoms with Gasteiger partial charge in [0.05, 0.1) is 0 Å². The van der Waals surface area contributed by atoms with Crippen molar-refractivity contribution in [2.45, 2.75) is 20.3 Å². The fourth-order valence-corrected chi connectivity index (χ4v) is 1.75. The molecule has 1 aliphatic rings. The highest BCUT2D eigenvalue weighted by Crippen LogP contribution is 2.17. The van der Waals surface area contributed by atoms with Crippen LogP contribution in [0.25, 0.3) is 0 Å². The Morgan fingerprint density at radius 2 is 2.50 bits per heavy atom. The summed E-state index contributed by atoms with van der Waals surface area (Å²) in [4.78, 5) is 13.6. The molecule has 0 radical (unpaired) electrons. The lowest BCUT2D eigenvalue weighted by molar-refractivity contribution is 0.0777. The lowest BCUT2D eigenvalue weighted by atomic mass is 10.2. The fourth-order valence-electron chi connectivity index (χ4n) is 1.75. The highest BCUT2D eigenvalue weighted by molar-refractivity contribution is 5.92. The number of carbonyl (C=O) groups excluding carboxylic acids is 1. The predicted molar refractivity (Wildman–Crippen MR) is 50.9 cm³/mol. The summed E-state index contributed by atoms with van der Waals surface area (Å²) in [7, 11) is 0. The molecule has 2 heterocycles. The average Bonchev–Trinajstić information content (AvgIpc) is 2.73. The first kappa shape index (κ1) is 9.24. The zero-order valence-corrected chi connectivity index (χ0v) is 8.49. The van der Waals surface area contributed by atoms with Crippen molar-refractivity contribution >= 4 is 5.91 Å². The molecule has 4 heteroatoms. The van der Waals surface area contributed by atoms with Crippen molar-refractivity contribution in [1.29, 1.82) is 0 Å². The number of likely N-dealkylation sites (tertiary alicyclic amines) is 1. The molecule has 4 nitrogen and oxygen atoms in total. The minimum Gasteiger partial charge on any atom is -0.361 e. The number of hydrogen-bond donors (Lipinski definition) is 0. The third kappa shape index (κ3) is 1.64. The van der Waals surface area contributed by atoms with Gasteiger partial charge >= 0.3 is 0 Å². The van der Waals surface area contributed by atoms with Crippen molar-refractivity contribution in [3.63, 3.8) is 0 Å². The molecule has 1 unspecified atom stereocenters. The third-order valence-electron chi connectivity index (χ3n) is 2.56. The molecule has 0 N–H and O–H groups in total. The van der Waals surface area contributed by atoms with Crippen LogP contribution in [0.1, 0.15) is 29.6 Å². The number of nitrogens with zero attached hydrogens (tertiary/aromatic N) is 2. The zero-order valence-electron chi connectivity index (χ0n) is 8.49. The molecule has 0 aliphatic carbocycles. The van der Waals surface area contributed by atoms with Gasteiger partial charge in [0, 0.05) is 19.2 Å². The normalized spacial score (nSPS) is 21.6. The molecule has 1 aromatic heterocycles. The van der Waals surface area contributed by atoms with E-state index in [0.717, 1.165) is 19.5 Å². The van der Waals surface area contributed by atoms with Crippen molar-refractivity contribution in [2.75, 3.05) is 13.1 Å². The van der Waals surface area contributed by atoms with Crippen LogP contribution >= 0.6 is 0 Å². The number of hydrogen-bond acceptors (Lipinski definition) is 3. The number of rotatable bonds is 1. The monoisotopic (exact) mass is 194 g/mol. The zero-order chi connectivity index (χ0) is 10.1. The number of carbonyl (C=O) groups is 1. The van der Waals surface area contributed by atoms with Gasteiger partial charge in [0.15, 0.2) is 5.69 Å². The van der Waals surface area contributed by atoms with Gasteiger partial charge in [0.1, 0.15) is 5.76 Å². The second kappa shape index (κ2) is 3.44. The van der Waals surface area contributed by atoms with Gasteiger partial charge in [-0.3, -0.25) is 4.79 Å². The van der Waals surface area contributed by atoms with Crippen LogP contribution < -0.4 is 0 Å². The Labute approximate surface area is 82.9 Å². The molecule has 0 saturated carbocycles. The van der Waals surface area contributed by atoms with Crippen LogP contribution in [0.15, 0.2) is 10.6 Å². The highest BCUT2D eigenvalue weighted by Gasteiger charge is 2.25. The summed E-state index contributed by atoms with van der Waals surface area (Å²) in [6.45, 7) is 5.62. The van der Waals surface area contributed by atoms with Gasteiger partial charge in [0.25, 0.3) is 5.91 Å². The van der Waals surface area contributed by atoms with E-state index in [2.05, 4.69) is 12.1 Å². The fraction of sp³-hybridized carbons (Fsp3) is 0.600. The molecule has 1 aliphatic heterocycles. The van der Waals surface area contributed by atoms with E-state index < -0.39 is 0 Å². The van der Waals surface area contributed by atoms with Crippen molar-refractivity contribution in [2.24, 2.45) is 5.92 Å². The summed E-state index contributed by atoms with van der Waals surface area (Å²) in [6, 6.07) is 1.69. The standard InChI is InChI=1S/C10H14N2O2/c1-7-3-4-12(6-7)10(13)9-5-8(2)14-11-9/h5,7H,3-4,6H2,1-2H3. The van der Waals surface area contributed by atoms with Crippen molar-refractivity contribution in [1.82, 2.24) is 10.1 Å². The number of aromatic nitrogens is 1. The van der Waals surface area contributed by atoms with Gasteiger partial charge in [-0.05, 0) is 19.3 Å². The maximum atomic E-state index is 11.8. The van der Waals surface area contributed by atoms with E-state index in [4.69, 9.17) is 4.52 Å². The topological polar surface area (TPSA) is 46.3 Å². The molecule has 0 aromatic carbocycles. The van der Waals surface area contributed by atoms with E-state index in [1.807, 2.05) is 4.90 Å². The Bertz CT molecular complexity index is 346. The molecule has 0 bridgehead atoms. The van der Waals surface area contributed by atoms with E-state index in [9.17, 15) is 4.79 Å². The lowest BCUT2D eigenvalue weighted by Crippen LogP contribution is -2.28. The van der Waals surface area contributed by atoms with E-state index in [1.165, 1.54) is 0 Å². The molecule has 14 heavy (non-hydrogen) atoms. The van der Waals surface area contributed by atoms with Gasteiger partial charge in [-0.1, -0.05) is 12.1 Å². The molecular formula is C10H14N2O2. The molecule has 1 amide bonds. The Kier molecular flexibility index (Phi) is 2.27. The highest BCUT2D eigenvalue weighted by atomic mass is 16.5. The maximum absolute atomic E-state index is 11.8. The van der Waals surface area contributed by atoms with E-state index >= 15 is 0 Å². The molecule has 1 atom stereocenters. The van der Waals surface area contributed by atoms with Crippen molar-refractivity contribution in [3.05, 3.63) is 17.5 Å². The summed E-state index contributed by atoms with van der Waals surface area (Å²) in [5.74, 6) is 1.28. The van der Waals surface area contributed by atoms with Crippen LogP contribution in [0.5, 0.6) is 0 Å². The van der Waals surface area contributed by atoms with E-state index in [0.29, 0.717) is 17.4 Å². The van der Waals surface area contributed by atoms with Gasteiger partial charge in [-0.25, -0.2) is 0 Å². The van der Waals surface area contributed by atoms with Crippen LogP contribution in [0, 0.1) is 12.8 Å². The summed E-state index contributed by atoms with van der Waals surface area (Å²) < 4.78 is 4.87. The van der Waals surface area contributed by atoms with Crippen molar-refractivity contribution < 1.29 is 9.32 Å². The molecule has 1 aromatic rings. The second-order valence-corrected chi connectivity index (χ2v) is 3.97. The lowest BCUT2D eigenvalue weighted by Gasteiger charge is -2.13. The Balaban J connectivity index is 2.09. The maximum Gasteiger partial charge on any atom is 0.276 e. The van der Waals surface area contributed by atoms with Crippen molar-refractivity contribution in [3.8, 4) is 0 Å². The molecule has 1 saturated heterocycles. The van der Waals surface area contributed by atoms with Gasteiger partial charge in [0.2, 0.25) is 0 Å². The molecule has 2 rings (SSSR count). The van der Waals surface area contributed by atoms with E-state index in [1.54, 1.807) is 13.0 Å². The Hall–Kier alpha value is -1.32. The first-order chi connectivity index (χ1) is 6.66. The molecule has 1 fully saturated rings. The minimum absolute atomic E-state index is 0.00815. The number of amides is 1. The Morgan fingerprint density at radius 3 is 3.00 bits per heavy atom. The van der Waals surface area contributed by atoms with Crippen LogP contribution in [0.4, 0.5) is 0 Å². The summed E-state index contributed by atoms with van der Waals surface area (Å²) in [5.41, 5.74) is 0.427. The first-order valence-electron chi connectivity index (χ1n) is 4.89. The predicted octanol–water partition coefficient (Wildman–Crippen LogP) is 1.47. The quantitative estimate of drug-likeness (QED) is 0.680. The van der Waals surface area contributed by atoms with Gasteiger partial charge in [-0.2, -0.15) is 0 Å². The molecule has 76 valence electrons. The van der Waals surface area contributed by atoms with Crippen LogP contribution in [-0.2, 0) is 0 Å². The smallest absolute Gasteiger partial charge is 0.276 e. The third-order valence-corrected chi connectivity index (χ3v) is 2.56. The van der Waals surface area contributed by atoms with E-state index in [-0.39, 0.29) is 5.91 Å². The second-order valence-electron chi connectivity index (χ2n) is 3.97. The van der Waals surface area contributed by atoms with Crippen LogP contribution in [0.2, 0.25) is 0 Å². The minimum atomic E-state index is -0.00815. The van der Waals surface area contributed by atoms with Gasteiger partial charge < -0.3 is 9.42 Å². The molecule has 0 spiro atoms. The summed E-state index contributed by atoms with van der Waals surface area (Å²) in [5, 5.41) is 3.72. The van der Waals surface area contributed by atoms with Crippen LogP contribution in [-0.4, -0.2) is 29.1 Å². The molecular weight excluding hydrogens is 180 g/mol. The first-order valence-corrected chi connectivity index (χ1v) is 4.89. The van der Waals surface area contributed by atoms with Crippen LogP contribution in [0.3, 0.4) is 0 Å². The largest absolute Gasteiger partial charge is 0.361 e. The summed E-state index contributed by atoms with van der Waals surface area (Å²) >= 11 is 0. The average molecular weight is 194 g/mol. The van der Waals surface area contributed by atoms with Gasteiger partial charge in [-0.15, -0.1) is 0 Å². The Morgan fingerprint density at radius 1 is 1.71 bits per heavy atom.